The number of thiophene rings is 1. The number of anilines is 2. The number of nitrogens with one attached hydrogen (secondary N) is 2. The fourth-order valence-electron chi connectivity index (χ4n) is 3.75. The number of aryl methyl sites for hydroxylation is 1. The summed E-state index contributed by atoms with van der Waals surface area (Å²) in [6.45, 7) is 2.78. The molecule has 1 aliphatic heterocycles. The highest BCUT2D eigenvalue weighted by Crippen LogP contribution is 2.24. The van der Waals surface area contributed by atoms with Crippen LogP contribution in [0.5, 0.6) is 0 Å². The SMILES string of the molecule is Cc1cccnc1NC(=O)C1CCCN(C(=O)c2ccccc2NC(=O)c2ccsc2)C1. The van der Waals surface area contributed by atoms with E-state index in [1.54, 1.807) is 46.8 Å². The van der Waals surface area contributed by atoms with Crippen molar-refractivity contribution in [1.82, 2.24) is 9.88 Å². The van der Waals surface area contributed by atoms with Crippen molar-refractivity contribution in [2.75, 3.05) is 23.7 Å². The molecule has 0 saturated carbocycles. The van der Waals surface area contributed by atoms with Crippen LogP contribution in [0.25, 0.3) is 0 Å². The molecule has 1 aromatic carbocycles. The number of rotatable bonds is 5. The lowest BCUT2D eigenvalue weighted by atomic mass is 9.96. The average Bonchev–Trinajstić information content (AvgIpc) is 3.36. The Hall–Kier alpha value is -3.52. The number of nitrogens with zero attached hydrogens (tertiary/aromatic N) is 2. The van der Waals surface area contributed by atoms with E-state index < -0.39 is 0 Å². The maximum absolute atomic E-state index is 13.3. The number of carbonyl (C=O) groups excluding carboxylic acids is 3. The Labute approximate surface area is 190 Å². The van der Waals surface area contributed by atoms with Gasteiger partial charge in [-0.1, -0.05) is 18.2 Å². The van der Waals surface area contributed by atoms with E-state index in [1.165, 1.54) is 11.3 Å². The Morgan fingerprint density at radius 2 is 1.94 bits per heavy atom. The van der Waals surface area contributed by atoms with Crippen LogP contribution >= 0.6 is 11.3 Å². The summed E-state index contributed by atoms with van der Waals surface area (Å²) in [5, 5.41) is 9.32. The summed E-state index contributed by atoms with van der Waals surface area (Å²) < 4.78 is 0. The maximum Gasteiger partial charge on any atom is 0.256 e. The molecule has 0 radical (unpaired) electrons. The number of benzene rings is 1. The number of likely N-dealkylation sites (tertiary alicyclic amines) is 1. The minimum Gasteiger partial charge on any atom is -0.338 e. The minimum absolute atomic E-state index is 0.136. The first kappa shape index (κ1) is 21.7. The van der Waals surface area contributed by atoms with Gasteiger partial charge >= 0.3 is 0 Å². The van der Waals surface area contributed by atoms with Crippen molar-refractivity contribution in [2.24, 2.45) is 5.92 Å². The largest absolute Gasteiger partial charge is 0.338 e. The van der Waals surface area contributed by atoms with Gasteiger partial charge < -0.3 is 15.5 Å². The van der Waals surface area contributed by atoms with Crippen LogP contribution < -0.4 is 10.6 Å². The van der Waals surface area contributed by atoms with Crippen LogP contribution in [0.3, 0.4) is 0 Å². The topological polar surface area (TPSA) is 91.4 Å². The molecule has 1 saturated heterocycles. The first-order chi connectivity index (χ1) is 15.5. The third-order valence-corrected chi connectivity index (χ3v) is 6.20. The summed E-state index contributed by atoms with van der Waals surface area (Å²) in [5.74, 6) is -0.363. The van der Waals surface area contributed by atoms with Crippen molar-refractivity contribution in [3.05, 3.63) is 76.1 Å². The Morgan fingerprint density at radius 1 is 1.09 bits per heavy atom. The van der Waals surface area contributed by atoms with Gasteiger partial charge in [0.05, 0.1) is 22.7 Å². The number of hydrogen-bond acceptors (Lipinski definition) is 5. The molecule has 1 aliphatic rings. The lowest BCUT2D eigenvalue weighted by Gasteiger charge is -2.32. The van der Waals surface area contributed by atoms with Gasteiger partial charge in [-0.15, -0.1) is 0 Å². The first-order valence-electron chi connectivity index (χ1n) is 10.5. The van der Waals surface area contributed by atoms with Crippen LogP contribution in [0.15, 0.2) is 59.4 Å². The predicted octanol–water partition coefficient (Wildman–Crippen LogP) is 4.19. The zero-order chi connectivity index (χ0) is 22.5. The van der Waals surface area contributed by atoms with Gasteiger partial charge in [0.1, 0.15) is 5.82 Å². The number of piperidine rings is 1. The number of hydrogen-bond donors (Lipinski definition) is 2. The highest BCUT2D eigenvalue weighted by atomic mass is 32.1. The molecule has 164 valence electrons. The fraction of sp³-hybridized carbons (Fsp3) is 0.250. The third kappa shape index (κ3) is 4.86. The van der Waals surface area contributed by atoms with E-state index in [0.29, 0.717) is 42.1 Å². The molecular weight excluding hydrogens is 424 g/mol. The van der Waals surface area contributed by atoms with Crippen LogP contribution in [0.2, 0.25) is 0 Å². The molecule has 0 aliphatic carbocycles. The van der Waals surface area contributed by atoms with Crippen LogP contribution in [-0.2, 0) is 4.79 Å². The molecule has 4 rings (SSSR count). The highest BCUT2D eigenvalue weighted by molar-refractivity contribution is 7.08. The van der Waals surface area contributed by atoms with E-state index in [2.05, 4.69) is 15.6 Å². The van der Waals surface area contributed by atoms with Crippen LogP contribution in [0, 0.1) is 12.8 Å². The van der Waals surface area contributed by atoms with Gasteiger partial charge in [0.15, 0.2) is 0 Å². The van der Waals surface area contributed by atoms with Gasteiger partial charge in [0.2, 0.25) is 5.91 Å². The normalized spacial score (nSPS) is 15.8. The van der Waals surface area contributed by atoms with Crippen molar-refractivity contribution in [2.45, 2.75) is 19.8 Å². The zero-order valence-electron chi connectivity index (χ0n) is 17.7. The number of amides is 3. The van der Waals surface area contributed by atoms with Gasteiger partial charge in [-0.25, -0.2) is 4.98 Å². The van der Waals surface area contributed by atoms with Crippen molar-refractivity contribution in [3.8, 4) is 0 Å². The maximum atomic E-state index is 13.3. The van der Waals surface area contributed by atoms with E-state index in [9.17, 15) is 14.4 Å². The van der Waals surface area contributed by atoms with E-state index in [0.717, 1.165) is 12.0 Å². The van der Waals surface area contributed by atoms with Crippen molar-refractivity contribution in [1.29, 1.82) is 0 Å². The van der Waals surface area contributed by atoms with E-state index in [1.807, 2.05) is 24.4 Å². The molecule has 0 spiro atoms. The summed E-state index contributed by atoms with van der Waals surface area (Å²) >= 11 is 1.44. The third-order valence-electron chi connectivity index (χ3n) is 5.52. The second kappa shape index (κ2) is 9.74. The van der Waals surface area contributed by atoms with Crippen molar-refractivity contribution in [3.63, 3.8) is 0 Å². The summed E-state index contributed by atoms with van der Waals surface area (Å²) in [4.78, 5) is 44.5. The lowest BCUT2D eigenvalue weighted by Crippen LogP contribution is -2.44. The lowest BCUT2D eigenvalue weighted by molar-refractivity contribution is -0.121. The Bertz CT molecular complexity index is 1130. The van der Waals surface area contributed by atoms with E-state index in [4.69, 9.17) is 0 Å². The first-order valence-corrected chi connectivity index (χ1v) is 11.4. The summed E-state index contributed by atoms with van der Waals surface area (Å²) in [6.07, 6.45) is 3.08. The van der Waals surface area contributed by atoms with Crippen LogP contribution in [0.4, 0.5) is 11.5 Å². The number of carbonyl (C=O) groups is 3. The molecule has 2 aromatic heterocycles. The van der Waals surface area contributed by atoms with E-state index in [-0.39, 0.29) is 23.6 Å². The van der Waals surface area contributed by atoms with Crippen LogP contribution in [-0.4, -0.2) is 40.7 Å². The van der Waals surface area contributed by atoms with Crippen LogP contribution in [0.1, 0.15) is 39.1 Å². The Balaban J connectivity index is 1.46. The summed E-state index contributed by atoms with van der Waals surface area (Å²) in [7, 11) is 0. The average molecular weight is 449 g/mol. The quantitative estimate of drug-likeness (QED) is 0.612. The number of pyridine rings is 1. The minimum atomic E-state index is -0.318. The van der Waals surface area contributed by atoms with Gasteiger partial charge in [-0.2, -0.15) is 11.3 Å². The molecule has 8 heteroatoms. The molecule has 1 unspecified atom stereocenters. The fourth-order valence-corrected chi connectivity index (χ4v) is 4.38. The molecule has 32 heavy (non-hydrogen) atoms. The van der Waals surface area contributed by atoms with Gasteiger partial charge in [0.25, 0.3) is 11.8 Å². The summed E-state index contributed by atoms with van der Waals surface area (Å²) in [5.41, 5.74) is 2.32. The summed E-state index contributed by atoms with van der Waals surface area (Å²) in [6, 6.07) is 12.4. The smallest absolute Gasteiger partial charge is 0.256 e. The molecule has 3 amide bonds. The number of para-hydroxylation sites is 1. The van der Waals surface area contributed by atoms with Gasteiger partial charge in [-0.3, -0.25) is 14.4 Å². The molecule has 3 aromatic rings. The molecule has 0 bridgehead atoms. The molecule has 3 heterocycles. The molecule has 1 atom stereocenters. The van der Waals surface area contributed by atoms with E-state index >= 15 is 0 Å². The standard InChI is InChI=1S/C24H24N4O3S/c1-16-6-4-11-25-21(16)27-22(29)17-7-5-12-28(14-17)24(31)19-8-2-3-9-20(19)26-23(30)18-10-13-32-15-18/h2-4,6,8-11,13,15,17H,5,7,12,14H2,1H3,(H,26,30)(H,25,27,29). The molecule has 7 nitrogen and oxygen atoms in total. The second-order valence-corrected chi connectivity index (χ2v) is 8.54. The second-order valence-electron chi connectivity index (χ2n) is 7.76. The van der Waals surface area contributed by atoms with Gasteiger partial charge in [0, 0.05) is 24.7 Å². The number of aromatic nitrogens is 1. The molecule has 2 N–H and O–H groups in total. The zero-order valence-corrected chi connectivity index (χ0v) is 18.5. The van der Waals surface area contributed by atoms with Gasteiger partial charge in [-0.05, 0) is 55.0 Å². The monoisotopic (exact) mass is 448 g/mol. The molecular formula is C24H24N4O3S. The molecule has 1 fully saturated rings. The highest BCUT2D eigenvalue weighted by Gasteiger charge is 2.30. The van der Waals surface area contributed by atoms with Crippen molar-refractivity contribution < 1.29 is 14.4 Å². The van der Waals surface area contributed by atoms with Crippen molar-refractivity contribution >= 4 is 40.6 Å². The predicted molar refractivity (Wildman–Crippen MR) is 125 cm³/mol. The Morgan fingerprint density at radius 3 is 2.72 bits per heavy atom. The Kier molecular flexibility index (Phi) is 6.61.